The number of hydrogen-bond acceptors (Lipinski definition) is 6. The van der Waals surface area contributed by atoms with Crippen LogP contribution in [0.3, 0.4) is 0 Å². The van der Waals surface area contributed by atoms with Crippen LogP contribution in [-0.2, 0) is 23.8 Å². The number of carbonyl (C=O) groups is 2. The minimum atomic E-state index is -1.26. The van der Waals surface area contributed by atoms with Crippen molar-refractivity contribution in [3.05, 3.63) is 102 Å². The Labute approximate surface area is 185 Å². The van der Waals surface area contributed by atoms with Crippen molar-refractivity contribution in [3.63, 3.8) is 0 Å². The predicted octanol–water partition coefficient (Wildman–Crippen LogP) is 4.24. The first-order valence-corrected chi connectivity index (χ1v) is 10.7. The fraction of sp³-hybridized carbons (Fsp3) is 0.200. The smallest absolute Gasteiger partial charge is 0.330 e. The van der Waals surface area contributed by atoms with Crippen LogP contribution in [0.4, 0.5) is 5.69 Å². The predicted molar refractivity (Wildman–Crippen MR) is 122 cm³/mol. The summed E-state index contributed by atoms with van der Waals surface area (Å²) < 4.78 is 8.36. The van der Waals surface area contributed by atoms with Crippen LogP contribution in [-0.4, -0.2) is 36.9 Å². The Morgan fingerprint density at radius 2 is 1.26 bits per heavy atom. The highest BCUT2D eigenvalue weighted by Gasteiger charge is 2.81. The van der Waals surface area contributed by atoms with Crippen LogP contribution in [0.5, 0.6) is 0 Å². The molecule has 31 heavy (non-hydrogen) atoms. The van der Waals surface area contributed by atoms with Crippen molar-refractivity contribution in [2.75, 3.05) is 19.5 Å². The first-order chi connectivity index (χ1) is 15.1. The Hall–Kier alpha value is -3.25. The lowest BCUT2D eigenvalue weighted by Gasteiger charge is -2.29. The molecule has 158 valence electrons. The van der Waals surface area contributed by atoms with Crippen molar-refractivity contribution >= 4 is 29.4 Å². The lowest BCUT2D eigenvalue weighted by atomic mass is 9.76. The number of nitrogens with one attached hydrogen (secondary N) is 1. The zero-order chi connectivity index (χ0) is 21.9. The first kappa shape index (κ1) is 21.0. The molecule has 6 heteroatoms. The van der Waals surface area contributed by atoms with E-state index in [9.17, 15) is 9.59 Å². The molecule has 0 radical (unpaired) electrons. The summed E-state index contributed by atoms with van der Waals surface area (Å²) >= 11 is 1.40. The SMILES string of the molecule is COC(=O)[C@H](Nc1ccccc1)[C@@]1(C(=O)OC)SC1(c1ccccc1)c1ccccc1. The summed E-state index contributed by atoms with van der Waals surface area (Å²) in [4.78, 5) is 26.5. The van der Waals surface area contributed by atoms with Gasteiger partial charge in [0.25, 0.3) is 0 Å². The van der Waals surface area contributed by atoms with Gasteiger partial charge in [0.2, 0.25) is 0 Å². The number of para-hydroxylation sites is 1. The Balaban J connectivity index is 1.92. The van der Waals surface area contributed by atoms with Gasteiger partial charge in [0, 0.05) is 5.69 Å². The molecule has 1 aliphatic rings. The van der Waals surface area contributed by atoms with Crippen LogP contribution in [0.25, 0.3) is 0 Å². The van der Waals surface area contributed by atoms with E-state index in [1.165, 1.54) is 26.0 Å². The molecule has 0 amide bonds. The maximum Gasteiger partial charge on any atom is 0.330 e. The highest BCUT2D eigenvalue weighted by molar-refractivity contribution is 8.10. The quantitative estimate of drug-likeness (QED) is 0.444. The Morgan fingerprint density at radius 3 is 1.71 bits per heavy atom. The first-order valence-electron chi connectivity index (χ1n) is 9.89. The van der Waals surface area contributed by atoms with Gasteiger partial charge in [-0.2, -0.15) is 0 Å². The molecule has 3 aromatic rings. The molecule has 4 rings (SSSR count). The van der Waals surface area contributed by atoms with Crippen LogP contribution in [0, 0.1) is 0 Å². The van der Waals surface area contributed by atoms with Crippen molar-refractivity contribution in [2.24, 2.45) is 0 Å². The molecule has 0 unspecified atom stereocenters. The zero-order valence-electron chi connectivity index (χ0n) is 17.3. The number of thioether (sulfide) groups is 1. The molecule has 1 saturated heterocycles. The zero-order valence-corrected chi connectivity index (χ0v) is 18.1. The van der Waals surface area contributed by atoms with Crippen LogP contribution < -0.4 is 5.32 Å². The second-order valence-corrected chi connectivity index (χ2v) is 8.67. The fourth-order valence-corrected chi connectivity index (χ4v) is 5.95. The molecule has 1 aliphatic heterocycles. The lowest BCUT2D eigenvalue weighted by Crippen LogP contribution is -2.52. The fourth-order valence-electron chi connectivity index (χ4n) is 4.14. The van der Waals surface area contributed by atoms with Crippen molar-refractivity contribution in [2.45, 2.75) is 15.5 Å². The summed E-state index contributed by atoms with van der Waals surface area (Å²) in [5.41, 5.74) is 2.55. The molecular formula is C25H23NO4S. The normalized spacial score (nSPS) is 19.7. The van der Waals surface area contributed by atoms with Crippen molar-refractivity contribution in [1.82, 2.24) is 0 Å². The second-order valence-electron chi connectivity index (χ2n) is 7.21. The summed E-state index contributed by atoms with van der Waals surface area (Å²) in [5, 5.41) is 3.25. The summed E-state index contributed by atoms with van der Waals surface area (Å²) in [6.45, 7) is 0. The third kappa shape index (κ3) is 3.37. The summed E-state index contributed by atoms with van der Waals surface area (Å²) in [5.74, 6) is -1.01. The summed E-state index contributed by atoms with van der Waals surface area (Å²) in [7, 11) is 2.67. The highest BCUT2D eigenvalue weighted by atomic mass is 32.2. The van der Waals surface area contributed by atoms with Gasteiger partial charge in [-0.25, -0.2) is 4.79 Å². The van der Waals surface area contributed by atoms with Gasteiger partial charge in [0.05, 0.1) is 19.0 Å². The third-order valence-electron chi connectivity index (χ3n) is 5.57. The van der Waals surface area contributed by atoms with E-state index in [1.807, 2.05) is 91.0 Å². The van der Waals surface area contributed by atoms with Gasteiger partial charge in [-0.1, -0.05) is 78.9 Å². The number of carbonyl (C=O) groups excluding carboxylic acids is 2. The van der Waals surface area contributed by atoms with Gasteiger partial charge in [-0.3, -0.25) is 4.79 Å². The molecule has 1 N–H and O–H groups in total. The Kier molecular flexibility index (Phi) is 5.74. The molecule has 5 nitrogen and oxygen atoms in total. The van der Waals surface area contributed by atoms with Gasteiger partial charge in [-0.05, 0) is 23.3 Å². The molecule has 0 aromatic heterocycles. The molecule has 3 aromatic carbocycles. The standard InChI is InChI=1S/C25H23NO4S/c1-29-22(27)21(26-20-16-10-5-11-17-20)25(23(28)30-2)24(31-25,18-12-6-3-7-13-18)19-14-8-4-9-15-19/h3-17,21,26H,1-2H3/t21-,25-/m0/s1. The van der Waals surface area contributed by atoms with Gasteiger partial charge >= 0.3 is 11.9 Å². The maximum atomic E-state index is 13.4. The van der Waals surface area contributed by atoms with Gasteiger partial charge in [0.1, 0.15) is 0 Å². The van der Waals surface area contributed by atoms with Crippen molar-refractivity contribution in [3.8, 4) is 0 Å². The number of hydrogen-bond donors (Lipinski definition) is 1. The molecule has 1 heterocycles. The van der Waals surface area contributed by atoms with E-state index in [0.717, 1.165) is 11.1 Å². The average Bonchev–Trinajstić information content (AvgIpc) is 3.55. The maximum absolute atomic E-state index is 13.4. The van der Waals surface area contributed by atoms with Crippen LogP contribution in [0.15, 0.2) is 91.0 Å². The van der Waals surface area contributed by atoms with Gasteiger partial charge < -0.3 is 14.8 Å². The number of esters is 2. The van der Waals surface area contributed by atoms with Crippen LogP contribution in [0.1, 0.15) is 11.1 Å². The highest BCUT2D eigenvalue weighted by Crippen LogP contribution is 2.75. The van der Waals surface area contributed by atoms with Crippen LogP contribution in [0.2, 0.25) is 0 Å². The number of rotatable bonds is 7. The minimum Gasteiger partial charge on any atom is -0.468 e. The Morgan fingerprint density at radius 1 is 0.774 bits per heavy atom. The minimum absolute atomic E-state index is 0.482. The van der Waals surface area contributed by atoms with Gasteiger partial charge in [-0.15, -0.1) is 11.8 Å². The second kappa shape index (κ2) is 8.47. The molecular weight excluding hydrogens is 410 g/mol. The molecule has 0 saturated carbocycles. The molecule has 0 spiro atoms. The lowest BCUT2D eigenvalue weighted by molar-refractivity contribution is -0.150. The Bertz CT molecular complexity index is 1020. The average molecular weight is 434 g/mol. The molecule has 0 aliphatic carbocycles. The largest absolute Gasteiger partial charge is 0.468 e. The third-order valence-corrected chi connectivity index (χ3v) is 7.50. The molecule has 1 fully saturated rings. The van der Waals surface area contributed by atoms with E-state index < -0.39 is 27.5 Å². The van der Waals surface area contributed by atoms with E-state index in [1.54, 1.807) is 0 Å². The van der Waals surface area contributed by atoms with Crippen molar-refractivity contribution < 1.29 is 19.1 Å². The topological polar surface area (TPSA) is 64.6 Å². The summed E-state index contributed by atoms with van der Waals surface area (Å²) in [6.07, 6.45) is 0. The monoisotopic (exact) mass is 433 g/mol. The van der Waals surface area contributed by atoms with E-state index >= 15 is 0 Å². The van der Waals surface area contributed by atoms with Crippen LogP contribution >= 0.6 is 11.8 Å². The van der Waals surface area contributed by atoms with E-state index in [2.05, 4.69) is 5.32 Å². The van der Waals surface area contributed by atoms with E-state index in [4.69, 9.17) is 9.47 Å². The summed E-state index contributed by atoms with van der Waals surface area (Å²) in [6, 6.07) is 27.8. The number of benzene rings is 3. The number of methoxy groups -OCH3 is 2. The molecule has 2 atom stereocenters. The van der Waals surface area contributed by atoms with Crippen molar-refractivity contribution in [1.29, 1.82) is 0 Å². The molecule has 0 bridgehead atoms. The number of anilines is 1. The van der Waals surface area contributed by atoms with Gasteiger partial charge in [0.15, 0.2) is 10.8 Å². The number of ether oxygens (including phenoxy) is 2. The van der Waals surface area contributed by atoms with E-state index in [0.29, 0.717) is 5.69 Å². The van der Waals surface area contributed by atoms with E-state index in [-0.39, 0.29) is 0 Å².